The Morgan fingerprint density at radius 2 is 2.00 bits per heavy atom. The van der Waals surface area contributed by atoms with Gasteiger partial charge < -0.3 is 4.74 Å². The summed E-state index contributed by atoms with van der Waals surface area (Å²) in [7, 11) is 0. The molecular weight excluding hydrogens is 258 g/mol. The van der Waals surface area contributed by atoms with Crippen molar-refractivity contribution in [2.24, 2.45) is 0 Å². The summed E-state index contributed by atoms with van der Waals surface area (Å²) in [5.41, 5.74) is -1.33. The molecular formula is C13H23N5O2. The van der Waals surface area contributed by atoms with E-state index in [4.69, 9.17) is 4.74 Å². The monoisotopic (exact) mass is 281 g/mol. The largest absolute Gasteiger partial charge is 0.458 e. The molecule has 0 aliphatic carbocycles. The third-order valence-corrected chi connectivity index (χ3v) is 3.40. The second kappa shape index (κ2) is 4.51. The van der Waals surface area contributed by atoms with Gasteiger partial charge in [0.2, 0.25) is 0 Å². The van der Waals surface area contributed by atoms with Crippen molar-refractivity contribution in [2.75, 3.05) is 0 Å². The quantitative estimate of drug-likeness (QED) is 0.832. The molecule has 0 spiro atoms. The third kappa shape index (κ3) is 2.82. The second-order valence-electron chi connectivity index (χ2n) is 7.19. The van der Waals surface area contributed by atoms with Crippen LogP contribution in [0.5, 0.6) is 0 Å². The lowest BCUT2D eigenvalue weighted by atomic mass is 9.92. The Balaban J connectivity index is 2.10. The Kier molecular flexibility index (Phi) is 3.36. The highest BCUT2D eigenvalue weighted by Gasteiger charge is 2.49. The summed E-state index contributed by atoms with van der Waals surface area (Å²) in [4.78, 5) is 12.0. The summed E-state index contributed by atoms with van der Waals surface area (Å²) in [6.07, 6.45) is 0.621. The molecule has 1 saturated heterocycles. The number of ether oxygens (including phenoxy) is 1. The SMILES string of the molecule is CC1(C)CC(C)(NCc2nnnn2C(C)(C)C)C(=O)O1. The predicted octanol–water partition coefficient (Wildman–Crippen LogP) is 1.00. The molecule has 1 N–H and O–H groups in total. The maximum absolute atomic E-state index is 12.0. The van der Waals surface area contributed by atoms with Gasteiger partial charge in [0, 0.05) is 6.42 Å². The van der Waals surface area contributed by atoms with Crippen molar-refractivity contribution in [2.45, 2.75) is 71.2 Å². The number of aromatic nitrogens is 4. The van der Waals surface area contributed by atoms with Crippen LogP contribution in [0.1, 0.15) is 53.8 Å². The average Bonchev–Trinajstić information content (AvgIpc) is 2.79. The van der Waals surface area contributed by atoms with E-state index in [0.717, 1.165) is 0 Å². The highest BCUT2D eigenvalue weighted by Crippen LogP contribution is 2.33. The van der Waals surface area contributed by atoms with Crippen LogP contribution in [0, 0.1) is 0 Å². The molecule has 0 radical (unpaired) electrons. The Hall–Kier alpha value is -1.50. The molecule has 1 aromatic rings. The van der Waals surface area contributed by atoms with Crippen molar-refractivity contribution in [1.29, 1.82) is 0 Å². The molecule has 0 bridgehead atoms. The zero-order chi connectivity index (χ0) is 15.2. The van der Waals surface area contributed by atoms with Crippen LogP contribution in [0.25, 0.3) is 0 Å². The van der Waals surface area contributed by atoms with Crippen LogP contribution in [0.2, 0.25) is 0 Å². The van der Waals surface area contributed by atoms with Crippen molar-refractivity contribution < 1.29 is 9.53 Å². The van der Waals surface area contributed by atoms with E-state index in [-0.39, 0.29) is 11.5 Å². The molecule has 2 heterocycles. The topological polar surface area (TPSA) is 81.9 Å². The number of cyclic esters (lactones) is 1. The molecule has 1 unspecified atom stereocenters. The molecule has 0 saturated carbocycles. The van der Waals surface area contributed by atoms with Crippen LogP contribution in [0.3, 0.4) is 0 Å². The minimum Gasteiger partial charge on any atom is -0.458 e. The van der Waals surface area contributed by atoms with Crippen LogP contribution in [0.4, 0.5) is 0 Å². The van der Waals surface area contributed by atoms with Crippen molar-refractivity contribution in [1.82, 2.24) is 25.5 Å². The molecule has 1 atom stereocenters. The Labute approximate surface area is 119 Å². The molecule has 0 aromatic carbocycles. The molecule has 1 aromatic heterocycles. The number of hydrogen-bond donors (Lipinski definition) is 1. The summed E-state index contributed by atoms with van der Waals surface area (Å²) in [5.74, 6) is 0.480. The Morgan fingerprint density at radius 1 is 1.35 bits per heavy atom. The first-order valence-corrected chi connectivity index (χ1v) is 6.80. The highest BCUT2D eigenvalue weighted by atomic mass is 16.6. The zero-order valence-electron chi connectivity index (χ0n) is 13.0. The standard InChI is InChI=1S/C13H23N5O2/c1-11(2,3)18-9(15-16-17-18)7-14-13(6)8-12(4,5)20-10(13)19/h14H,7-8H2,1-6H3. The van der Waals surface area contributed by atoms with Crippen molar-refractivity contribution in [3.05, 3.63) is 5.82 Å². The van der Waals surface area contributed by atoms with Gasteiger partial charge in [-0.2, -0.15) is 0 Å². The van der Waals surface area contributed by atoms with E-state index >= 15 is 0 Å². The summed E-state index contributed by atoms with van der Waals surface area (Å²) in [6, 6.07) is 0. The summed E-state index contributed by atoms with van der Waals surface area (Å²) >= 11 is 0. The number of tetrazole rings is 1. The highest BCUT2D eigenvalue weighted by molar-refractivity contribution is 5.83. The maximum atomic E-state index is 12.0. The molecule has 2 rings (SSSR count). The van der Waals surface area contributed by atoms with Crippen LogP contribution >= 0.6 is 0 Å². The third-order valence-electron chi connectivity index (χ3n) is 3.40. The minimum atomic E-state index is -0.696. The average molecular weight is 281 g/mol. The van der Waals surface area contributed by atoms with Crippen molar-refractivity contribution in [3.8, 4) is 0 Å². The van der Waals surface area contributed by atoms with Crippen LogP contribution < -0.4 is 5.32 Å². The van der Waals surface area contributed by atoms with Gasteiger partial charge in [-0.05, 0) is 52.0 Å². The van der Waals surface area contributed by atoms with Crippen LogP contribution in [0.15, 0.2) is 0 Å². The zero-order valence-corrected chi connectivity index (χ0v) is 13.0. The lowest BCUT2D eigenvalue weighted by Crippen LogP contribution is -2.47. The minimum absolute atomic E-state index is 0.198. The van der Waals surface area contributed by atoms with Gasteiger partial charge in [-0.25, -0.2) is 4.68 Å². The number of hydrogen-bond acceptors (Lipinski definition) is 6. The molecule has 1 aliphatic rings. The van der Waals surface area contributed by atoms with Crippen LogP contribution in [-0.4, -0.2) is 37.3 Å². The fraction of sp³-hybridized carbons (Fsp3) is 0.846. The number of nitrogens with zero attached hydrogens (tertiary/aromatic N) is 4. The number of rotatable bonds is 3. The van der Waals surface area contributed by atoms with E-state index in [1.165, 1.54) is 0 Å². The van der Waals surface area contributed by atoms with Gasteiger partial charge >= 0.3 is 5.97 Å². The van der Waals surface area contributed by atoms with Crippen molar-refractivity contribution in [3.63, 3.8) is 0 Å². The smallest absolute Gasteiger partial charge is 0.326 e. The number of esters is 1. The van der Waals surface area contributed by atoms with Gasteiger partial charge in [0.1, 0.15) is 11.1 Å². The van der Waals surface area contributed by atoms with Gasteiger partial charge in [0.15, 0.2) is 5.82 Å². The predicted molar refractivity (Wildman–Crippen MR) is 72.8 cm³/mol. The molecule has 112 valence electrons. The first-order chi connectivity index (χ1) is 9.04. The van der Waals surface area contributed by atoms with E-state index < -0.39 is 11.1 Å². The molecule has 1 fully saturated rings. The molecule has 1 aliphatic heterocycles. The van der Waals surface area contributed by atoms with Gasteiger partial charge in [-0.1, -0.05) is 0 Å². The molecule has 20 heavy (non-hydrogen) atoms. The molecule has 0 amide bonds. The Morgan fingerprint density at radius 3 is 2.50 bits per heavy atom. The lowest BCUT2D eigenvalue weighted by molar-refractivity contribution is -0.149. The first kappa shape index (κ1) is 14.9. The second-order valence-corrected chi connectivity index (χ2v) is 7.19. The van der Waals surface area contributed by atoms with Gasteiger partial charge in [0.05, 0.1) is 12.1 Å². The lowest BCUT2D eigenvalue weighted by Gasteiger charge is -2.24. The van der Waals surface area contributed by atoms with Gasteiger partial charge in [-0.3, -0.25) is 10.1 Å². The number of carbonyl (C=O) groups excluding carboxylic acids is 1. The fourth-order valence-electron chi connectivity index (χ4n) is 2.57. The van der Waals surface area contributed by atoms with E-state index in [2.05, 4.69) is 20.8 Å². The van der Waals surface area contributed by atoms with Gasteiger partial charge in [-0.15, -0.1) is 5.10 Å². The van der Waals surface area contributed by atoms with E-state index in [1.807, 2.05) is 41.5 Å². The van der Waals surface area contributed by atoms with E-state index in [9.17, 15) is 4.79 Å². The van der Waals surface area contributed by atoms with Crippen molar-refractivity contribution >= 4 is 5.97 Å². The van der Waals surface area contributed by atoms with E-state index in [0.29, 0.717) is 18.8 Å². The summed E-state index contributed by atoms with van der Waals surface area (Å²) in [5, 5.41) is 15.0. The Bertz CT molecular complexity index is 517. The number of nitrogens with one attached hydrogen (secondary N) is 1. The van der Waals surface area contributed by atoms with E-state index in [1.54, 1.807) is 4.68 Å². The van der Waals surface area contributed by atoms with Gasteiger partial charge in [0.25, 0.3) is 0 Å². The molecule has 7 nitrogen and oxygen atoms in total. The first-order valence-electron chi connectivity index (χ1n) is 6.80. The maximum Gasteiger partial charge on any atom is 0.326 e. The van der Waals surface area contributed by atoms with Crippen LogP contribution in [-0.2, 0) is 21.6 Å². The number of carbonyl (C=O) groups is 1. The fourth-order valence-corrected chi connectivity index (χ4v) is 2.57. The summed E-state index contributed by atoms with van der Waals surface area (Å²) < 4.78 is 7.13. The molecule has 7 heteroatoms. The normalized spacial score (nSPS) is 25.8. The summed E-state index contributed by atoms with van der Waals surface area (Å²) in [6.45, 7) is 12.2.